The van der Waals surface area contributed by atoms with E-state index in [1.165, 1.54) is 24.1 Å². The molecule has 3 aromatic rings. The number of amides is 2. The second-order valence-electron chi connectivity index (χ2n) is 10.2. The summed E-state index contributed by atoms with van der Waals surface area (Å²) in [6.07, 6.45) is 0.693. The topological polar surface area (TPSA) is 96.0 Å². The molecule has 2 amide bonds. The van der Waals surface area contributed by atoms with Crippen LogP contribution in [0.25, 0.3) is 0 Å². The molecule has 0 radical (unpaired) electrons. The van der Waals surface area contributed by atoms with E-state index in [1.54, 1.807) is 55.5 Å². The average Bonchev–Trinajstić information content (AvgIpc) is 2.95. The molecular weight excluding hydrogens is 597 g/mol. The summed E-state index contributed by atoms with van der Waals surface area (Å²) < 4.78 is 34.8. The largest absolute Gasteiger partial charge is 0.495 e. The number of carbonyl (C=O) groups excluding carboxylic acids is 2. The Bertz CT molecular complexity index is 1510. The number of hydrogen-bond donors (Lipinski definition) is 1. The number of nitrogens with zero attached hydrogens (tertiary/aromatic N) is 2. The number of hydrogen-bond acceptors (Lipinski definition) is 5. The van der Waals surface area contributed by atoms with Crippen molar-refractivity contribution in [1.82, 2.24) is 10.2 Å². The number of rotatable bonds is 12. The molecule has 8 nitrogen and oxygen atoms in total. The Kier molecular flexibility index (Phi) is 11.3. The number of carbonyl (C=O) groups is 2. The van der Waals surface area contributed by atoms with Crippen LogP contribution in [0, 0.1) is 13.8 Å². The predicted octanol–water partition coefficient (Wildman–Crippen LogP) is 6.15. The number of benzene rings is 3. The number of nitrogens with one attached hydrogen (secondary N) is 1. The fourth-order valence-electron chi connectivity index (χ4n) is 4.25. The van der Waals surface area contributed by atoms with E-state index < -0.39 is 28.5 Å². The minimum absolute atomic E-state index is 0.00715. The van der Waals surface area contributed by atoms with Crippen LogP contribution in [0.15, 0.2) is 65.6 Å². The molecule has 11 heteroatoms. The summed E-state index contributed by atoms with van der Waals surface area (Å²) in [6, 6.07) is 15.3. The molecule has 0 saturated heterocycles. The maximum Gasteiger partial charge on any atom is 0.264 e. The first-order valence-corrected chi connectivity index (χ1v) is 15.8. The van der Waals surface area contributed by atoms with E-state index in [0.717, 1.165) is 15.4 Å². The summed E-state index contributed by atoms with van der Waals surface area (Å²) in [5.74, 6) is -0.744. The van der Waals surface area contributed by atoms with Crippen molar-refractivity contribution in [3.8, 4) is 5.75 Å². The first kappa shape index (κ1) is 33.2. The summed E-state index contributed by atoms with van der Waals surface area (Å²) in [5, 5.41) is 3.54. The van der Waals surface area contributed by atoms with Crippen molar-refractivity contribution < 1.29 is 22.7 Å². The Morgan fingerprint density at radius 3 is 2.12 bits per heavy atom. The molecule has 0 aliphatic rings. The highest BCUT2D eigenvalue weighted by molar-refractivity contribution is 7.92. The highest BCUT2D eigenvalue weighted by atomic mass is 35.5. The van der Waals surface area contributed by atoms with Gasteiger partial charge in [-0.15, -0.1) is 0 Å². The minimum Gasteiger partial charge on any atom is -0.495 e. The number of methoxy groups -OCH3 is 1. The van der Waals surface area contributed by atoms with Gasteiger partial charge < -0.3 is 15.0 Å². The van der Waals surface area contributed by atoms with E-state index >= 15 is 0 Å². The van der Waals surface area contributed by atoms with Crippen molar-refractivity contribution in [2.75, 3.05) is 18.0 Å². The normalized spacial score (nSPS) is 12.8. The molecule has 0 aromatic heterocycles. The molecule has 3 rings (SSSR count). The molecule has 0 heterocycles. The molecule has 1 N–H and O–H groups in total. The lowest BCUT2D eigenvalue weighted by Gasteiger charge is -2.33. The monoisotopic (exact) mass is 633 g/mol. The second kappa shape index (κ2) is 14.3. The zero-order valence-corrected chi connectivity index (χ0v) is 27.0. The van der Waals surface area contributed by atoms with E-state index in [-0.39, 0.29) is 34.8 Å². The molecule has 0 aliphatic heterocycles. The molecule has 0 saturated carbocycles. The maximum absolute atomic E-state index is 14.2. The molecule has 0 aliphatic carbocycles. The van der Waals surface area contributed by atoms with Crippen LogP contribution in [0.2, 0.25) is 10.0 Å². The highest BCUT2D eigenvalue weighted by Gasteiger charge is 2.34. The van der Waals surface area contributed by atoms with Gasteiger partial charge in [0.2, 0.25) is 11.8 Å². The Labute approximate surface area is 258 Å². The van der Waals surface area contributed by atoms with Gasteiger partial charge in [-0.1, -0.05) is 60.0 Å². The number of ether oxygens (including phenoxy) is 1. The standard InChI is InChI=1S/C31H37Cl2N3O5S/c1-7-22(4)34-31(38)23(5)35(18-25-26(32)9-8-10-27(25)33)30(37)19-36(28-17-21(3)13-16-29(28)41-6)42(39,40)24-14-11-20(2)12-15-24/h8-17,22-23H,7,18-19H2,1-6H3,(H,34,38)/t22-,23+/m0/s1. The molecule has 42 heavy (non-hydrogen) atoms. The van der Waals surface area contributed by atoms with Crippen LogP contribution in [0.5, 0.6) is 5.75 Å². The molecule has 0 unspecified atom stereocenters. The molecule has 0 bridgehead atoms. The Balaban J connectivity index is 2.13. The van der Waals surface area contributed by atoms with Gasteiger partial charge in [0.25, 0.3) is 10.0 Å². The van der Waals surface area contributed by atoms with Gasteiger partial charge in [-0.3, -0.25) is 13.9 Å². The highest BCUT2D eigenvalue weighted by Crippen LogP contribution is 2.34. The fourth-order valence-corrected chi connectivity index (χ4v) is 6.18. The van der Waals surface area contributed by atoms with Gasteiger partial charge >= 0.3 is 0 Å². The zero-order valence-electron chi connectivity index (χ0n) is 24.6. The molecule has 226 valence electrons. The Hall–Kier alpha value is -3.27. The van der Waals surface area contributed by atoms with Gasteiger partial charge in [0, 0.05) is 28.2 Å². The number of sulfonamides is 1. The van der Waals surface area contributed by atoms with E-state index in [1.807, 2.05) is 27.7 Å². The van der Waals surface area contributed by atoms with E-state index in [2.05, 4.69) is 5.32 Å². The van der Waals surface area contributed by atoms with Gasteiger partial charge in [-0.25, -0.2) is 8.42 Å². The number of halogens is 2. The van der Waals surface area contributed by atoms with Crippen molar-refractivity contribution in [1.29, 1.82) is 0 Å². The molecule has 2 atom stereocenters. The van der Waals surface area contributed by atoms with Crippen molar-refractivity contribution in [2.45, 2.75) is 64.6 Å². The minimum atomic E-state index is -4.25. The quantitative estimate of drug-likeness (QED) is 0.258. The van der Waals surface area contributed by atoms with Crippen LogP contribution in [-0.4, -0.2) is 50.9 Å². The summed E-state index contributed by atoms with van der Waals surface area (Å²) in [5.41, 5.74) is 2.29. The lowest BCUT2D eigenvalue weighted by Crippen LogP contribution is -2.52. The van der Waals surface area contributed by atoms with Crippen LogP contribution in [0.4, 0.5) is 5.69 Å². The first-order chi connectivity index (χ1) is 19.8. The maximum atomic E-state index is 14.2. The number of aryl methyl sites for hydroxylation is 2. The van der Waals surface area contributed by atoms with E-state index in [0.29, 0.717) is 22.0 Å². The van der Waals surface area contributed by atoms with Crippen LogP contribution in [0.1, 0.15) is 43.9 Å². The van der Waals surface area contributed by atoms with Crippen molar-refractivity contribution >= 4 is 50.7 Å². The second-order valence-corrected chi connectivity index (χ2v) is 12.9. The van der Waals surface area contributed by atoms with E-state index in [4.69, 9.17) is 27.9 Å². The third-order valence-corrected chi connectivity index (χ3v) is 9.53. The van der Waals surface area contributed by atoms with Crippen LogP contribution >= 0.6 is 23.2 Å². The third-order valence-electron chi connectivity index (χ3n) is 7.05. The van der Waals surface area contributed by atoms with Crippen LogP contribution in [0.3, 0.4) is 0 Å². The van der Waals surface area contributed by atoms with Crippen LogP contribution in [-0.2, 0) is 26.2 Å². The van der Waals surface area contributed by atoms with Crippen LogP contribution < -0.4 is 14.4 Å². The van der Waals surface area contributed by atoms with Crippen molar-refractivity contribution in [3.63, 3.8) is 0 Å². The van der Waals surface area contributed by atoms with Gasteiger partial charge in [-0.05, 0) is 76.1 Å². The summed E-state index contributed by atoms with van der Waals surface area (Å²) in [7, 11) is -2.82. The summed E-state index contributed by atoms with van der Waals surface area (Å²) >= 11 is 12.9. The third kappa shape index (κ3) is 7.76. The smallest absolute Gasteiger partial charge is 0.264 e. The Morgan fingerprint density at radius 2 is 1.55 bits per heavy atom. The summed E-state index contributed by atoms with van der Waals surface area (Å²) in [4.78, 5) is 28.7. The molecular formula is C31H37Cl2N3O5S. The molecule has 0 fully saturated rings. The number of anilines is 1. The molecule has 0 spiro atoms. The zero-order chi connectivity index (χ0) is 31.2. The van der Waals surface area contributed by atoms with Gasteiger partial charge in [0.05, 0.1) is 17.7 Å². The fraction of sp³-hybridized carbons (Fsp3) is 0.355. The van der Waals surface area contributed by atoms with Gasteiger partial charge in [0.15, 0.2) is 0 Å². The predicted molar refractivity (Wildman–Crippen MR) is 168 cm³/mol. The summed E-state index contributed by atoms with van der Waals surface area (Å²) in [6.45, 7) is 8.33. The van der Waals surface area contributed by atoms with Crippen molar-refractivity contribution in [2.24, 2.45) is 0 Å². The molecule has 3 aromatic carbocycles. The SMILES string of the molecule is CC[C@H](C)NC(=O)[C@@H](C)N(Cc1c(Cl)cccc1Cl)C(=O)CN(c1cc(C)ccc1OC)S(=O)(=O)c1ccc(C)cc1. The Morgan fingerprint density at radius 1 is 0.952 bits per heavy atom. The lowest BCUT2D eigenvalue weighted by atomic mass is 10.1. The van der Waals surface area contributed by atoms with Gasteiger partial charge in [-0.2, -0.15) is 0 Å². The van der Waals surface area contributed by atoms with E-state index in [9.17, 15) is 18.0 Å². The van der Waals surface area contributed by atoms with Crippen molar-refractivity contribution in [3.05, 3.63) is 87.4 Å². The van der Waals surface area contributed by atoms with Gasteiger partial charge in [0.1, 0.15) is 18.3 Å². The first-order valence-electron chi connectivity index (χ1n) is 13.6. The lowest BCUT2D eigenvalue weighted by molar-refractivity contribution is -0.139. The average molecular weight is 635 g/mol.